The van der Waals surface area contributed by atoms with Gasteiger partial charge >= 0.3 is 0 Å². The van der Waals surface area contributed by atoms with Crippen molar-refractivity contribution in [2.75, 3.05) is 7.05 Å². The van der Waals surface area contributed by atoms with Crippen LogP contribution < -0.4 is 0 Å². The first-order chi connectivity index (χ1) is 16.4. The van der Waals surface area contributed by atoms with Gasteiger partial charge in [-0.2, -0.15) is 10.2 Å². The third-order valence-corrected chi connectivity index (χ3v) is 6.02. The maximum Gasteiger partial charge on any atom is 0.254 e. The molecule has 9 heteroatoms. The molecule has 1 aromatic carbocycles. The summed E-state index contributed by atoms with van der Waals surface area (Å²) < 4.78 is 9.09. The zero-order valence-electron chi connectivity index (χ0n) is 19.5. The summed E-state index contributed by atoms with van der Waals surface area (Å²) in [5, 5.41) is 9.37. The zero-order chi connectivity index (χ0) is 23.8. The van der Waals surface area contributed by atoms with E-state index < -0.39 is 0 Å². The van der Waals surface area contributed by atoms with Gasteiger partial charge in [-0.25, -0.2) is 19.3 Å². The number of furan rings is 1. The Morgan fingerprint density at radius 2 is 1.88 bits per heavy atom. The average Bonchev–Trinajstić information content (AvgIpc) is 3.63. The molecule has 5 aromatic rings. The van der Waals surface area contributed by atoms with Crippen LogP contribution in [0.5, 0.6) is 0 Å². The van der Waals surface area contributed by atoms with E-state index in [1.54, 1.807) is 40.5 Å². The molecule has 9 nitrogen and oxygen atoms in total. The Balaban J connectivity index is 1.50. The second-order valence-corrected chi connectivity index (χ2v) is 8.48. The molecular formula is C25H25N7O2. The highest BCUT2D eigenvalue weighted by Gasteiger charge is 2.24. The van der Waals surface area contributed by atoms with Crippen LogP contribution in [0.4, 0.5) is 0 Å². The topological polar surface area (TPSA) is 94.9 Å². The van der Waals surface area contributed by atoms with Gasteiger partial charge in [0.15, 0.2) is 11.4 Å². The largest absolute Gasteiger partial charge is 0.463 e. The Morgan fingerprint density at radius 1 is 1.09 bits per heavy atom. The van der Waals surface area contributed by atoms with Crippen molar-refractivity contribution >= 4 is 16.9 Å². The van der Waals surface area contributed by atoms with E-state index in [9.17, 15) is 4.79 Å². The summed E-state index contributed by atoms with van der Waals surface area (Å²) in [4.78, 5) is 24.2. The van der Waals surface area contributed by atoms with Crippen molar-refractivity contribution in [1.29, 1.82) is 0 Å². The standard InChI is InChI=1S/C25H25N7O2/c1-16(2)32-24-21(13-27-32)20(12-22(29-24)23-6-5-11-34-23)25(33)30(4)17(3)18-7-9-19(10-8-18)31-15-26-14-28-31/h5-17H,1-4H3/t17-/m1/s1. The Bertz CT molecular complexity index is 1420. The van der Waals surface area contributed by atoms with Crippen molar-refractivity contribution in [3.05, 3.63) is 78.7 Å². The monoisotopic (exact) mass is 455 g/mol. The van der Waals surface area contributed by atoms with E-state index >= 15 is 0 Å². The fraction of sp³-hybridized carbons (Fsp3) is 0.240. The van der Waals surface area contributed by atoms with Gasteiger partial charge in [0.2, 0.25) is 0 Å². The molecule has 0 aliphatic rings. The number of benzene rings is 1. The number of nitrogens with zero attached hydrogens (tertiary/aromatic N) is 7. The van der Waals surface area contributed by atoms with Crippen LogP contribution in [0.1, 0.15) is 48.8 Å². The lowest BCUT2D eigenvalue weighted by Gasteiger charge is -2.26. The summed E-state index contributed by atoms with van der Waals surface area (Å²) in [6, 6.07) is 13.3. The predicted octanol–water partition coefficient (Wildman–Crippen LogP) is 4.69. The number of hydrogen-bond acceptors (Lipinski definition) is 6. The third-order valence-electron chi connectivity index (χ3n) is 6.02. The van der Waals surface area contributed by atoms with Gasteiger partial charge in [0.1, 0.15) is 18.3 Å². The summed E-state index contributed by atoms with van der Waals surface area (Å²) in [6.45, 7) is 6.07. The molecule has 0 spiro atoms. The summed E-state index contributed by atoms with van der Waals surface area (Å²) in [7, 11) is 1.81. The third kappa shape index (κ3) is 3.75. The highest BCUT2D eigenvalue weighted by atomic mass is 16.3. The summed E-state index contributed by atoms with van der Waals surface area (Å²) in [5.41, 5.74) is 3.71. The summed E-state index contributed by atoms with van der Waals surface area (Å²) in [6.07, 6.45) is 6.46. The quantitative estimate of drug-likeness (QED) is 0.369. The van der Waals surface area contributed by atoms with E-state index in [2.05, 4.69) is 15.2 Å². The van der Waals surface area contributed by atoms with Gasteiger partial charge in [-0.15, -0.1) is 0 Å². The van der Waals surface area contributed by atoms with Gasteiger partial charge in [0.25, 0.3) is 5.91 Å². The van der Waals surface area contributed by atoms with Gasteiger partial charge in [-0.3, -0.25) is 4.79 Å². The van der Waals surface area contributed by atoms with Crippen molar-refractivity contribution in [1.82, 2.24) is 34.4 Å². The van der Waals surface area contributed by atoms with Gasteiger partial charge in [-0.05, 0) is 56.7 Å². The molecule has 172 valence electrons. The van der Waals surface area contributed by atoms with E-state index in [1.807, 2.05) is 62.8 Å². The first-order valence-electron chi connectivity index (χ1n) is 11.1. The van der Waals surface area contributed by atoms with Crippen LogP contribution in [0.2, 0.25) is 0 Å². The lowest BCUT2D eigenvalue weighted by atomic mass is 10.0. The Labute approximate surface area is 196 Å². The Kier molecular flexibility index (Phi) is 5.45. The van der Waals surface area contributed by atoms with Crippen LogP contribution in [-0.4, -0.2) is 47.4 Å². The lowest BCUT2D eigenvalue weighted by molar-refractivity contribution is 0.0744. The molecule has 0 saturated carbocycles. The number of aromatic nitrogens is 6. The van der Waals surface area contributed by atoms with E-state index in [0.717, 1.165) is 16.6 Å². The van der Waals surface area contributed by atoms with Crippen molar-refractivity contribution in [2.24, 2.45) is 0 Å². The highest BCUT2D eigenvalue weighted by molar-refractivity contribution is 6.06. The molecule has 1 atom stereocenters. The minimum absolute atomic E-state index is 0.0972. The molecule has 0 fully saturated rings. The lowest BCUT2D eigenvalue weighted by Crippen LogP contribution is -2.30. The molecule has 0 aliphatic heterocycles. The van der Waals surface area contributed by atoms with Crippen LogP contribution in [0.3, 0.4) is 0 Å². The van der Waals surface area contributed by atoms with E-state index in [-0.39, 0.29) is 18.0 Å². The van der Waals surface area contributed by atoms with Crippen LogP contribution >= 0.6 is 0 Å². The number of amides is 1. The molecule has 0 unspecified atom stereocenters. The first-order valence-corrected chi connectivity index (χ1v) is 11.1. The zero-order valence-corrected chi connectivity index (χ0v) is 19.5. The van der Waals surface area contributed by atoms with Gasteiger partial charge in [0, 0.05) is 13.1 Å². The number of carbonyl (C=O) groups is 1. The normalized spacial score (nSPS) is 12.4. The summed E-state index contributed by atoms with van der Waals surface area (Å²) in [5.74, 6) is 0.489. The molecule has 0 saturated heterocycles. The molecule has 5 rings (SSSR count). The van der Waals surface area contributed by atoms with Crippen LogP contribution in [0.15, 0.2) is 72.0 Å². The van der Waals surface area contributed by atoms with Gasteiger partial charge < -0.3 is 9.32 Å². The Hall–Kier alpha value is -4.27. The second kappa shape index (κ2) is 8.58. The molecule has 4 heterocycles. The SMILES string of the molecule is CC(C)n1ncc2c(C(=O)N(C)[C@H](C)c3ccc(-n4cncn4)cc3)cc(-c3ccco3)nc21. The highest BCUT2D eigenvalue weighted by Crippen LogP contribution is 2.29. The van der Waals surface area contributed by atoms with E-state index in [4.69, 9.17) is 9.40 Å². The number of fused-ring (bicyclic) bond motifs is 1. The first kappa shape index (κ1) is 21.6. The minimum Gasteiger partial charge on any atom is -0.463 e. The van der Waals surface area contributed by atoms with Crippen LogP contribution in [0.25, 0.3) is 28.2 Å². The molecule has 0 radical (unpaired) electrons. The summed E-state index contributed by atoms with van der Waals surface area (Å²) >= 11 is 0. The molecule has 1 amide bonds. The fourth-order valence-electron chi connectivity index (χ4n) is 3.96. The maximum atomic E-state index is 13.7. The molecule has 0 aliphatic carbocycles. The Morgan fingerprint density at radius 3 is 2.53 bits per heavy atom. The predicted molar refractivity (Wildman–Crippen MR) is 127 cm³/mol. The van der Waals surface area contributed by atoms with Crippen LogP contribution in [0, 0.1) is 0 Å². The molecule has 0 bridgehead atoms. The number of hydrogen-bond donors (Lipinski definition) is 0. The minimum atomic E-state index is -0.160. The smallest absolute Gasteiger partial charge is 0.254 e. The number of pyridine rings is 1. The molecule has 34 heavy (non-hydrogen) atoms. The molecule has 4 aromatic heterocycles. The molecular weight excluding hydrogens is 430 g/mol. The van der Waals surface area contributed by atoms with Crippen molar-refractivity contribution in [2.45, 2.75) is 32.9 Å². The van der Waals surface area contributed by atoms with Crippen molar-refractivity contribution in [3.8, 4) is 17.1 Å². The average molecular weight is 456 g/mol. The fourth-order valence-corrected chi connectivity index (χ4v) is 3.96. The van der Waals surface area contributed by atoms with E-state index in [0.29, 0.717) is 22.7 Å². The van der Waals surface area contributed by atoms with Crippen LogP contribution in [-0.2, 0) is 0 Å². The van der Waals surface area contributed by atoms with Crippen molar-refractivity contribution < 1.29 is 9.21 Å². The second-order valence-electron chi connectivity index (χ2n) is 8.48. The van der Waals surface area contributed by atoms with Crippen molar-refractivity contribution in [3.63, 3.8) is 0 Å². The van der Waals surface area contributed by atoms with E-state index in [1.165, 1.54) is 6.33 Å². The van der Waals surface area contributed by atoms with Gasteiger partial charge in [0.05, 0.1) is 35.1 Å². The number of carbonyl (C=O) groups excluding carboxylic acids is 1. The number of rotatable bonds is 6. The van der Waals surface area contributed by atoms with Gasteiger partial charge in [-0.1, -0.05) is 12.1 Å². The molecule has 0 N–H and O–H groups in total. The maximum absolute atomic E-state index is 13.7.